The van der Waals surface area contributed by atoms with E-state index in [9.17, 15) is 4.79 Å². The van der Waals surface area contributed by atoms with E-state index in [4.69, 9.17) is 27.9 Å². The topological polar surface area (TPSA) is 29.5 Å². The highest BCUT2D eigenvalue weighted by atomic mass is 35.5. The zero-order valence-electron chi connectivity index (χ0n) is 11.0. The Hall–Kier alpha value is -0.770. The molecular weight excluding hydrogens is 285 g/mol. The fourth-order valence-electron chi connectivity index (χ4n) is 2.14. The van der Waals surface area contributed by atoms with Crippen molar-refractivity contribution < 1.29 is 9.53 Å². The summed E-state index contributed by atoms with van der Waals surface area (Å²) in [7, 11) is 0. The van der Waals surface area contributed by atoms with Crippen LogP contribution in [0, 0.1) is 6.92 Å². The number of carbonyl (C=O) groups excluding carboxylic acids is 1. The Labute approximate surface area is 123 Å². The van der Waals surface area contributed by atoms with Gasteiger partial charge in [-0.1, -0.05) is 17.7 Å². The maximum absolute atomic E-state index is 12.5. The van der Waals surface area contributed by atoms with E-state index in [-0.39, 0.29) is 18.1 Å². The second kappa shape index (κ2) is 6.12. The van der Waals surface area contributed by atoms with E-state index < -0.39 is 0 Å². The quantitative estimate of drug-likeness (QED) is 0.786. The summed E-state index contributed by atoms with van der Waals surface area (Å²) in [6.45, 7) is 4.92. The first kappa shape index (κ1) is 14.6. The molecule has 2 unspecified atom stereocenters. The minimum absolute atomic E-state index is 0.0318. The molecule has 1 saturated heterocycles. The van der Waals surface area contributed by atoms with Gasteiger partial charge in [0.15, 0.2) is 0 Å². The Kier molecular flexibility index (Phi) is 4.71. The monoisotopic (exact) mass is 301 g/mol. The van der Waals surface area contributed by atoms with E-state index >= 15 is 0 Å². The number of alkyl halides is 1. The van der Waals surface area contributed by atoms with E-state index in [1.54, 1.807) is 17.0 Å². The summed E-state index contributed by atoms with van der Waals surface area (Å²) >= 11 is 12.0. The number of benzene rings is 1. The molecule has 1 heterocycles. The number of morpholine rings is 1. The van der Waals surface area contributed by atoms with Gasteiger partial charge in [0.2, 0.25) is 0 Å². The van der Waals surface area contributed by atoms with Gasteiger partial charge >= 0.3 is 0 Å². The minimum atomic E-state index is -0.106. The summed E-state index contributed by atoms with van der Waals surface area (Å²) in [4.78, 5) is 14.3. The molecule has 2 atom stereocenters. The first-order chi connectivity index (χ1) is 9.02. The Morgan fingerprint density at radius 1 is 1.53 bits per heavy atom. The number of aryl methyl sites for hydroxylation is 1. The number of amides is 1. The Morgan fingerprint density at radius 2 is 2.26 bits per heavy atom. The highest BCUT2D eigenvalue weighted by Gasteiger charge is 2.30. The molecule has 19 heavy (non-hydrogen) atoms. The molecule has 3 nitrogen and oxygen atoms in total. The van der Waals surface area contributed by atoms with Gasteiger partial charge in [-0.15, -0.1) is 11.6 Å². The Balaban J connectivity index is 2.22. The summed E-state index contributed by atoms with van der Waals surface area (Å²) < 4.78 is 5.55. The molecular formula is C14H17Cl2NO2. The van der Waals surface area contributed by atoms with Crippen molar-refractivity contribution in [2.24, 2.45) is 0 Å². The largest absolute Gasteiger partial charge is 0.373 e. The lowest BCUT2D eigenvalue weighted by molar-refractivity contribution is -0.0371. The van der Waals surface area contributed by atoms with Crippen LogP contribution in [0.25, 0.3) is 0 Å². The third-order valence-corrected chi connectivity index (χ3v) is 3.95. The van der Waals surface area contributed by atoms with Gasteiger partial charge in [0.05, 0.1) is 35.2 Å². The van der Waals surface area contributed by atoms with Gasteiger partial charge in [-0.25, -0.2) is 0 Å². The van der Waals surface area contributed by atoms with Crippen LogP contribution in [0.15, 0.2) is 18.2 Å². The molecule has 0 saturated carbocycles. The summed E-state index contributed by atoms with van der Waals surface area (Å²) in [6, 6.07) is 5.50. The maximum Gasteiger partial charge on any atom is 0.255 e. The van der Waals surface area contributed by atoms with Gasteiger partial charge in [-0.2, -0.15) is 0 Å². The van der Waals surface area contributed by atoms with Crippen molar-refractivity contribution in [2.75, 3.05) is 19.0 Å². The summed E-state index contributed by atoms with van der Waals surface area (Å²) in [5, 5.41) is 0.492. The molecule has 0 radical (unpaired) electrons. The van der Waals surface area contributed by atoms with Gasteiger partial charge < -0.3 is 9.64 Å². The molecule has 0 aromatic heterocycles. The molecule has 1 amide bonds. The molecule has 1 fully saturated rings. The highest BCUT2D eigenvalue weighted by molar-refractivity contribution is 6.33. The van der Waals surface area contributed by atoms with Crippen molar-refractivity contribution in [3.63, 3.8) is 0 Å². The number of carbonyl (C=O) groups is 1. The number of hydrogen-bond acceptors (Lipinski definition) is 2. The van der Waals surface area contributed by atoms with Crippen molar-refractivity contribution in [3.8, 4) is 0 Å². The molecule has 2 rings (SSSR count). The van der Waals surface area contributed by atoms with Crippen LogP contribution < -0.4 is 0 Å². The van der Waals surface area contributed by atoms with Gasteiger partial charge in [-0.3, -0.25) is 4.79 Å². The normalized spacial score (nSPS) is 23.5. The number of hydrogen-bond donors (Lipinski definition) is 0. The van der Waals surface area contributed by atoms with Crippen LogP contribution in [0.1, 0.15) is 22.8 Å². The van der Waals surface area contributed by atoms with Gasteiger partial charge in [0.25, 0.3) is 5.91 Å². The van der Waals surface area contributed by atoms with E-state index in [0.717, 1.165) is 5.56 Å². The third-order valence-electron chi connectivity index (χ3n) is 3.29. The van der Waals surface area contributed by atoms with Crippen molar-refractivity contribution in [2.45, 2.75) is 26.0 Å². The Morgan fingerprint density at radius 3 is 2.89 bits per heavy atom. The average molecular weight is 302 g/mol. The van der Waals surface area contributed by atoms with Crippen LogP contribution in [0.5, 0.6) is 0 Å². The summed E-state index contributed by atoms with van der Waals surface area (Å²) in [5.41, 5.74) is 1.57. The minimum Gasteiger partial charge on any atom is -0.373 e. The van der Waals surface area contributed by atoms with Crippen molar-refractivity contribution in [1.29, 1.82) is 0 Å². The van der Waals surface area contributed by atoms with Crippen molar-refractivity contribution >= 4 is 29.1 Å². The second-order valence-electron chi connectivity index (χ2n) is 4.90. The SMILES string of the molecule is Cc1ccc(C(=O)N2CC(CCl)OCC2C)c(Cl)c1. The van der Waals surface area contributed by atoms with Crippen LogP contribution in [0.3, 0.4) is 0 Å². The standard InChI is InChI=1S/C14H17Cl2NO2/c1-9-3-4-12(13(16)5-9)14(18)17-7-11(6-15)19-8-10(17)2/h3-5,10-11H,6-8H2,1-2H3. The van der Waals surface area contributed by atoms with Gasteiger partial charge in [0.1, 0.15) is 0 Å². The van der Waals surface area contributed by atoms with E-state index in [2.05, 4.69) is 0 Å². The van der Waals surface area contributed by atoms with Gasteiger partial charge in [0, 0.05) is 6.54 Å². The lowest BCUT2D eigenvalue weighted by Gasteiger charge is -2.37. The molecule has 1 aromatic carbocycles. The number of halogens is 2. The smallest absolute Gasteiger partial charge is 0.255 e. The molecule has 5 heteroatoms. The van der Waals surface area contributed by atoms with Crippen LogP contribution in [0.2, 0.25) is 5.02 Å². The fraction of sp³-hybridized carbons (Fsp3) is 0.500. The molecule has 1 aromatic rings. The van der Waals surface area contributed by atoms with Crippen LogP contribution >= 0.6 is 23.2 Å². The highest BCUT2D eigenvalue weighted by Crippen LogP contribution is 2.22. The molecule has 0 bridgehead atoms. The number of nitrogens with zero attached hydrogens (tertiary/aromatic N) is 1. The van der Waals surface area contributed by atoms with Crippen molar-refractivity contribution in [1.82, 2.24) is 4.90 Å². The summed E-state index contributed by atoms with van der Waals surface area (Å²) in [5.74, 6) is 0.328. The first-order valence-corrected chi connectivity index (χ1v) is 7.19. The molecule has 0 N–H and O–H groups in total. The fourth-order valence-corrected chi connectivity index (χ4v) is 2.64. The Bertz CT molecular complexity index is 479. The predicted molar refractivity (Wildman–Crippen MR) is 77.1 cm³/mol. The van der Waals surface area contributed by atoms with E-state index in [0.29, 0.717) is 29.6 Å². The van der Waals surface area contributed by atoms with Crippen LogP contribution in [-0.2, 0) is 4.74 Å². The molecule has 0 aliphatic carbocycles. The van der Waals surface area contributed by atoms with E-state index in [1.807, 2.05) is 19.9 Å². The zero-order chi connectivity index (χ0) is 14.0. The molecule has 104 valence electrons. The van der Waals surface area contributed by atoms with Crippen LogP contribution in [-0.4, -0.2) is 42.0 Å². The summed E-state index contributed by atoms with van der Waals surface area (Å²) in [6.07, 6.45) is -0.106. The van der Waals surface area contributed by atoms with Gasteiger partial charge in [-0.05, 0) is 31.5 Å². The molecule has 1 aliphatic heterocycles. The lowest BCUT2D eigenvalue weighted by Crippen LogP contribution is -2.51. The van der Waals surface area contributed by atoms with E-state index in [1.165, 1.54) is 0 Å². The predicted octanol–water partition coefficient (Wildman–Crippen LogP) is 3.12. The number of ether oxygens (including phenoxy) is 1. The number of rotatable bonds is 2. The van der Waals surface area contributed by atoms with Crippen LogP contribution in [0.4, 0.5) is 0 Å². The van der Waals surface area contributed by atoms with Crippen molar-refractivity contribution in [3.05, 3.63) is 34.3 Å². The third kappa shape index (κ3) is 3.22. The maximum atomic E-state index is 12.5. The second-order valence-corrected chi connectivity index (χ2v) is 5.62. The first-order valence-electron chi connectivity index (χ1n) is 6.27. The lowest BCUT2D eigenvalue weighted by atomic mass is 10.1. The molecule has 0 spiro atoms. The average Bonchev–Trinajstić information content (AvgIpc) is 2.38. The molecule has 1 aliphatic rings. The zero-order valence-corrected chi connectivity index (χ0v) is 12.5.